The first-order valence-corrected chi connectivity index (χ1v) is 9.13. The Labute approximate surface area is 136 Å². The Kier molecular flexibility index (Phi) is 6.86. The molecule has 2 rings (SSSR count). The molecule has 2 heterocycles. The van der Waals surface area contributed by atoms with Crippen LogP contribution in [0.3, 0.4) is 0 Å². The highest BCUT2D eigenvalue weighted by Gasteiger charge is 2.61. The van der Waals surface area contributed by atoms with Crippen molar-refractivity contribution in [1.82, 2.24) is 0 Å². The van der Waals surface area contributed by atoms with Gasteiger partial charge in [-0.1, -0.05) is 19.8 Å². The molecule has 4 nitrogen and oxygen atoms in total. The van der Waals surface area contributed by atoms with E-state index in [2.05, 4.69) is 16.8 Å². The lowest BCUT2D eigenvalue weighted by Crippen LogP contribution is -2.26. The highest BCUT2D eigenvalue weighted by molar-refractivity contribution is 7.07. The quantitative estimate of drug-likeness (QED) is 0.467. The second-order valence-electron chi connectivity index (χ2n) is 5.87. The first kappa shape index (κ1) is 17.4. The number of thiophene rings is 1. The van der Waals surface area contributed by atoms with Crippen molar-refractivity contribution < 1.29 is 19.4 Å². The van der Waals surface area contributed by atoms with Crippen LogP contribution in [0, 0.1) is 0 Å². The maximum Gasteiger partial charge on any atom is 0.338 e. The molecular weight excluding hydrogens is 300 g/mol. The van der Waals surface area contributed by atoms with Crippen molar-refractivity contribution >= 4 is 17.3 Å². The van der Waals surface area contributed by atoms with E-state index in [1.807, 2.05) is 6.92 Å². The molecule has 1 aliphatic rings. The Morgan fingerprint density at radius 2 is 2.18 bits per heavy atom. The van der Waals surface area contributed by atoms with Crippen molar-refractivity contribution in [2.45, 2.75) is 63.6 Å². The van der Waals surface area contributed by atoms with Gasteiger partial charge in [-0.2, -0.15) is 11.3 Å². The zero-order valence-corrected chi connectivity index (χ0v) is 14.1. The van der Waals surface area contributed by atoms with Crippen LogP contribution in [-0.2, 0) is 20.7 Å². The first-order valence-electron chi connectivity index (χ1n) is 8.19. The van der Waals surface area contributed by atoms with Gasteiger partial charge in [-0.3, -0.25) is 0 Å². The Morgan fingerprint density at radius 3 is 2.82 bits per heavy atom. The summed E-state index contributed by atoms with van der Waals surface area (Å²) in [6.45, 7) is 3.55. The number of carboxylic acid groups (broad SMARTS) is 1. The van der Waals surface area contributed by atoms with Gasteiger partial charge in [0.05, 0.1) is 12.7 Å². The largest absolute Gasteiger partial charge is 0.479 e. The Bertz CT molecular complexity index is 446. The van der Waals surface area contributed by atoms with E-state index >= 15 is 0 Å². The molecule has 1 aliphatic heterocycles. The van der Waals surface area contributed by atoms with E-state index in [0.29, 0.717) is 6.42 Å². The minimum Gasteiger partial charge on any atom is -0.479 e. The lowest BCUT2D eigenvalue weighted by Gasteiger charge is -2.07. The second-order valence-corrected chi connectivity index (χ2v) is 6.65. The molecule has 0 aliphatic carbocycles. The minimum atomic E-state index is -0.869. The fraction of sp³-hybridized carbons (Fsp3) is 0.706. The monoisotopic (exact) mass is 326 g/mol. The third kappa shape index (κ3) is 4.80. The van der Waals surface area contributed by atoms with Gasteiger partial charge in [0, 0.05) is 6.61 Å². The van der Waals surface area contributed by atoms with Crippen molar-refractivity contribution in [2.24, 2.45) is 0 Å². The number of unbranched alkanes of at least 4 members (excludes halogenated alkanes) is 3. The molecule has 0 radical (unpaired) electrons. The molecule has 22 heavy (non-hydrogen) atoms. The topological polar surface area (TPSA) is 59.1 Å². The van der Waals surface area contributed by atoms with Gasteiger partial charge in [-0.25, -0.2) is 4.79 Å². The molecule has 0 aromatic carbocycles. The summed E-state index contributed by atoms with van der Waals surface area (Å²) in [5, 5.41) is 13.5. The number of ether oxygens (including phenoxy) is 2. The van der Waals surface area contributed by atoms with E-state index in [1.165, 1.54) is 5.56 Å². The Morgan fingerprint density at radius 1 is 1.36 bits per heavy atom. The number of aliphatic carboxylic acids is 1. The van der Waals surface area contributed by atoms with Gasteiger partial charge in [0.25, 0.3) is 0 Å². The maximum absolute atomic E-state index is 11.2. The molecule has 0 spiro atoms. The van der Waals surface area contributed by atoms with E-state index in [9.17, 15) is 9.90 Å². The van der Waals surface area contributed by atoms with Crippen LogP contribution in [0.15, 0.2) is 16.8 Å². The molecule has 1 N–H and O–H groups in total. The maximum atomic E-state index is 11.2. The average molecular weight is 326 g/mol. The van der Waals surface area contributed by atoms with Crippen LogP contribution >= 0.6 is 11.3 Å². The fourth-order valence-electron chi connectivity index (χ4n) is 2.82. The van der Waals surface area contributed by atoms with E-state index in [-0.39, 0.29) is 6.10 Å². The molecule has 1 fully saturated rings. The Hall–Kier alpha value is -0.910. The van der Waals surface area contributed by atoms with Crippen LogP contribution in [0.5, 0.6) is 0 Å². The highest BCUT2D eigenvalue weighted by Crippen LogP contribution is 2.43. The molecule has 5 heteroatoms. The van der Waals surface area contributed by atoms with Gasteiger partial charge in [-0.15, -0.1) is 0 Å². The smallest absolute Gasteiger partial charge is 0.338 e. The number of hydrogen-bond acceptors (Lipinski definition) is 4. The second kappa shape index (κ2) is 8.65. The standard InChI is InChI=1S/C17H26O4S/c1-2-15-17(21-15,16(18)19)9-5-3-4-6-10-20-11-7-14-8-12-22-13-14/h8,12-13,15H,2-7,9-11H2,1H3,(H,18,19). The van der Waals surface area contributed by atoms with E-state index in [4.69, 9.17) is 9.47 Å². The molecule has 1 aromatic rings. The number of carboxylic acids is 1. The van der Waals surface area contributed by atoms with Gasteiger partial charge in [0.2, 0.25) is 0 Å². The van der Waals surface area contributed by atoms with Gasteiger partial charge in [0.1, 0.15) is 0 Å². The fourth-order valence-corrected chi connectivity index (χ4v) is 3.52. The molecule has 0 saturated carbocycles. The number of carbonyl (C=O) groups is 1. The van der Waals surface area contributed by atoms with Gasteiger partial charge < -0.3 is 14.6 Å². The molecule has 2 atom stereocenters. The molecule has 1 saturated heterocycles. The summed E-state index contributed by atoms with van der Waals surface area (Å²) in [5.74, 6) is -0.795. The third-order valence-corrected chi connectivity index (χ3v) is 4.98. The zero-order chi connectivity index (χ0) is 15.8. The summed E-state index contributed by atoms with van der Waals surface area (Å²) in [7, 11) is 0. The normalized spacial score (nSPS) is 23.6. The first-order chi connectivity index (χ1) is 10.7. The minimum absolute atomic E-state index is 0.0783. The van der Waals surface area contributed by atoms with Gasteiger partial charge >= 0.3 is 5.97 Å². The zero-order valence-electron chi connectivity index (χ0n) is 13.3. The number of hydrogen-bond donors (Lipinski definition) is 1. The molecule has 124 valence electrons. The van der Waals surface area contributed by atoms with Crippen LogP contribution in [0.25, 0.3) is 0 Å². The van der Waals surface area contributed by atoms with Crippen molar-refractivity contribution in [3.8, 4) is 0 Å². The van der Waals surface area contributed by atoms with Gasteiger partial charge in [0.15, 0.2) is 5.60 Å². The summed E-state index contributed by atoms with van der Waals surface area (Å²) in [6.07, 6.45) is 6.42. The molecule has 1 aromatic heterocycles. The van der Waals surface area contributed by atoms with Crippen LogP contribution in [0.4, 0.5) is 0 Å². The van der Waals surface area contributed by atoms with Gasteiger partial charge in [-0.05, 0) is 54.5 Å². The van der Waals surface area contributed by atoms with Crippen LogP contribution in [0.1, 0.15) is 51.0 Å². The Balaban J connectivity index is 1.44. The summed E-state index contributed by atoms with van der Waals surface area (Å²) in [5.41, 5.74) is 0.477. The third-order valence-electron chi connectivity index (χ3n) is 4.25. The van der Waals surface area contributed by atoms with Crippen LogP contribution < -0.4 is 0 Å². The van der Waals surface area contributed by atoms with E-state index in [0.717, 1.165) is 51.7 Å². The van der Waals surface area contributed by atoms with E-state index < -0.39 is 11.6 Å². The lowest BCUT2D eigenvalue weighted by atomic mass is 9.96. The summed E-state index contributed by atoms with van der Waals surface area (Å²) in [4.78, 5) is 11.2. The van der Waals surface area contributed by atoms with Crippen molar-refractivity contribution in [1.29, 1.82) is 0 Å². The number of rotatable bonds is 12. The SMILES string of the molecule is CCC1OC1(CCCCCCOCCc1ccsc1)C(=O)O. The lowest BCUT2D eigenvalue weighted by molar-refractivity contribution is -0.143. The van der Waals surface area contributed by atoms with Crippen LogP contribution in [-0.4, -0.2) is 36.0 Å². The molecule has 2 unspecified atom stereocenters. The van der Waals surface area contributed by atoms with Crippen LogP contribution in [0.2, 0.25) is 0 Å². The summed E-state index contributed by atoms with van der Waals surface area (Å²) >= 11 is 1.72. The predicted octanol–water partition coefficient (Wildman–Crippen LogP) is 3.89. The molecule has 0 bridgehead atoms. The highest BCUT2D eigenvalue weighted by atomic mass is 32.1. The van der Waals surface area contributed by atoms with Crippen molar-refractivity contribution in [3.05, 3.63) is 22.4 Å². The van der Waals surface area contributed by atoms with Crippen molar-refractivity contribution in [2.75, 3.05) is 13.2 Å². The number of epoxide rings is 1. The van der Waals surface area contributed by atoms with Crippen molar-refractivity contribution in [3.63, 3.8) is 0 Å². The summed E-state index contributed by atoms with van der Waals surface area (Å²) in [6, 6.07) is 2.13. The predicted molar refractivity (Wildman–Crippen MR) is 87.5 cm³/mol. The molecular formula is C17H26O4S. The molecule has 0 amide bonds. The summed E-state index contributed by atoms with van der Waals surface area (Å²) < 4.78 is 11.0. The average Bonchev–Trinajstić information content (AvgIpc) is 3.00. The van der Waals surface area contributed by atoms with E-state index in [1.54, 1.807) is 11.3 Å².